The molecule has 0 aromatic heterocycles. The molecule has 0 aliphatic heterocycles. The third-order valence-corrected chi connectivity index (χ3v) is 6.38. The van der Waals surface area contributed by atoms with Gasteiger partial charge in [-0.1, -0.05) is 72.8 Å². The Balaban J connectivity index is 1.30. The molecule has 0 spiro atoms. The predicted molar refractivity (Wildman–Crippen MR) is 122 cm³/mol. The number of ether oxygens (including phenoxy) is 1. The monoisotopic (exact) mass is 427 g/mol. The first-order valence-corrected chi connectivity index (χ1v) is 11.0. The third kappa shape index (κ3) is 4.11. The second-order valence-corrected chi connectivity index (χ2v) is 8.56. The fourth-order valence-corrected chi connectivity index (χ4v) is 4.66. The van der Waals surface area contributed by atoms with Crippen molar-refractivity contribution >= 4 is 12.1 Å². The molecule has 5 rings (SSSR count). The van der Waals surface area contributed by atoms with E-state index in [1.165, 1.54) is 5.56 Å². The van der Waals surface area contributed by atoms with Gasteiger partial charge in [0.1, 0.15) is 6.61 Å². The Morgan fingerprint density at radius 3 is 2.22 bits per heavy atom. The summed E-state index contributed by atoms with van der Waals surface area (Å²) in [5, 5.41) is 12.2. The number of carbonyl (C=O) groups is 2. The van der Waals surface area contributed by atoms with E-state index in [9.17, 15) is 14.7 Å². The van der Waals surface area contributed by atoms with Gasteiger partial charge in [-0.25, -0.2) is 4.79 Å². The standard InChI is InChI=1S/C27H25NO4/c29-26(30)15-25(19-7-5-6-18(14-19)17-12-13-17)28-27(31)32-16-24-22-10-3-1-8-20(22)21-9-2-4-11-23(21)24/h1-11,14,17,24-25H,12-13,15-16H2,(H,28,31)(H,29,30). The smallest absolute Gasteiger partial charge is 0.407 e. The lowest BCUT2D eigenvalue weighted by molar-refractivity contribution is -0.137. The number of alkyl carbamates (subject to hydrolysis) is 1. The van der Waals surface area contributed by atoms with Crippen molar-refractivity contribution < 1.29 is 19.4 Å². The molecule has 5 heteroatoms. The number of amides is 1. The minimum atomic E-state index is -0.967. The fourth-order valence-electron chi connectivity index (χ4n) is 4.66. The molecule has 1 amide bonds. The summed E-state index contributed by atoms with van der Waals surface area (Å²) in [4.78, 5) is 24.1. The first kappa shape index (κ1) is 20.3. The van der Waals surface area contributed by atoms with Crippen molar-refractivity contribution in [1.82, 2.24) is 5.32 Å². The van der Waals surface area contributed by atoms with Gasteiger partial charge < -0.3 is 15.2 Å². The highest BCUT2D eigenvalue weighted by Crippen LogP contribution is 2.44. The number of carboxylic acid groups (broad SMARTS) is 1. The van der Waals surface area contributed by atoms with E-state index in [1.807, 2.05) is 42.5 Å². The molecule has 162 valence electrons. The largest absolute Gasteiger partial charge is 0.481 e. The summed E-state index contributed by atoms with van der Waals surface area (Å²) in [6.07, 6.45) is 1.52. The number of carbonyl (C=O) groups excluding carboxylic acids is 1. The first-order valence-electron chi connectivity index (χ1n) is 11.0. The summed E-state index contributed by atoms with van der Waals surface area (Å²) in [6, 6.07) is 23.5. The van der Waals surface area contributed by atoms with Gasteiger partial charge in [-0.05, 0) is 52.1 Å². The van der Waals surface area contributed by atoms with Crippen molar-refractivity contribution in [3.05, 3.63) is 95.1 Å². The third-order valence-electron chi connectivity index (χ3n) is 6.38. The highest BCUT2D eigenvalue weighted by Gasteiger charge is 2.30. The van der Waals surface area contributed by atoms with Crippen LogP contribution in [0.4, 0.5) is 4.79 Å². The van der Waals surface area contributed by atoms with Crippen LogP contribution in [0.5, 0.6) is 0 Å². The zero-order chi connectivity index (χ0) is 22.1. The van der Waals surface area contributed by atoms with Crippen molar-refractivity contribution in [2.45, 2.75) is 37.1 Å². The van der Waals surface area contributed by atoms with Crippen LogP contribution in [0.1, 0.15) is 59.4 Å². The Kier molecular flexibility index (Phi) is 5.39. The van der Waals surface area contributed by atoms with E-state index in [0.717, 1.165) is 40.7 Å². The molecular formula is C27H25NO4. The molecule has 5 nitrogen and oxygen atoms in total. The minimum absolute atomic E-state index is 0.0377. The van der Waals surface area contributed by atoms with Gasteiger partial charge in [-0.3, -0.25) is 4.79 Å². The number of rotatable bonds is 7. The van der Waals surface area contributed by atoms with Crippen LogP contribution < -0.4 is 5.32 Å². The Labute approximate surface area is 187 Å². The summed E-state index contributed by atoms with van der Waals surface area (Å²) in [6.45, 7) is 0.196. The molecule has 3 aromatic rings. The lowest BCUT2D eigenvalue weighted by Crippen LogP contribution is -2.31. The molecule has 0 saturated heterocycles. The van der Waals surface area contributed by atoms with Crippen molar-refractivity contribution in [1.29, 1.82) is 0 Å². The van der Waals surface area contributed by atoms with Gasteiger partial charge >= 0.3 is 12.1 Å². The zero-order valence-corrected chi connectivity index (χ0v) is 17.7. The van der Waals surface area contributed by atoms with Crippen LogP contribution in [0, 0.1) is 0 Å². The molecule has 0 bridgehead atoms. The highest BCUT2D eigenvalue weighted by molar-refractivity contribution is 5.79. The number of hydrogen-bond acceptors (Lipinski definition) is 3. The zero-order valence-electron chi connectivity index (χ0n) is 17.7. The van der Waals surface area contributed by atoms with Gasteiger partial charge in [0.05, 0.1) is 12.5 Å². The van der Waals surface area contributed by atoms with Crippen LogP contribution >= 0.6 is 0 Å². The van der Waals surface area contributed by atoms with Crippen LogP contribution in [0.25, 0.3) is 11.1 Å². The van der Waals surface area contributed by atoms with Crippen molar-refractivity contribution in [2.24, 2.45) is 0 Å². The highest BCUT2D eigenvalue weighted by atomic mass is 16.5. The summed E-state index contributed by atoms with van der Waals surface area (Å²) >= 11 is 0. The SMILES string of the molecule is O=C(O)CC(NC(=O)OCC1c2ccccc2-c2ccccc21)c1cccc(C2CC2)c1. The lowest BCUT2D eigenvalue weighted by Gasteiger charge is -2.20. The lowest BCUT2D eigenvalue weighted by atomic mass is 9.98. The van der Waals surface area contributed by atoms with Crippen LogP contribution in [0.3, 0.4) is 0 Å². The number of carboxylic acids is 1. The van der Waals surface area contributed by atoms with Gasteiger partial charge in [0.15, 0.2) is 0 Å². The molecule has 1 atom stereocenters. The Hall–Kier alpha value is -3.60. The maximum Gasteiger partial charge on any atom is 0.407 e. The molecule has 2 aliphatic carbocycles. The van der Waals surface area contributed by atoms with Crippen molar-refractivity contribution in [3.8, 4) is 11.1 Å². The van der Waals surface area contributed by atoms with Crippen LogP contribution in [0.2, 0.25) is 0 Å². The normalized spacial score (nSPS) is 15.5. The topological polar surface area (TPSA) is 75.6 Å². The Morgan fingerprint density at radius 1 is 0.938 bits per heavy atom. The number of nitrogens with one attached hydrogen (secondary N) is 1. The molecular weight excluding hydrogens is 402 g/mol. The molecule has 32 heavy (non-hydrogen) atoms. The summed E-state index contributed by atoms with van der Waals surface area (Å²) in [5.41, 5.74) is 6.61. The summed E-state index contributed by atoms with van der Waals surface area (Å²) in [5.74, 6) is -0.454. The molecule has 1 saturated carbocycles. The van der Waals surface area contributed by atoms with E-state index in [2.05, 4.69) is 35.6 Å². The molecule has 0 radical (unpaired) electrons. The molecule has 2 N–H and O–H groups in total. The second kappa shape index (κ2) is 8.50. The van der Waals surface area contributed by atoms with E-state index in [4.69, 9.17) is 4.74 Å². The van der Waals surface area contributed by atoms with Crippen LogP contribution in [0.15, 0.2) is 72.8 Å². The van der Waals surface area contributed by atoms with E-state index in [1.54, 1.807) is 0 Å². The summed E-state index contributed by atoms with van der Waals surface area (Å²) in [7, 11) is 0. The van der Waals surface area contributed by atoms with E-state index < -0.39 is 18.1 Å². The molecule has 3 aromatic carbocycles. The van der Waals surface area contributed by atoms with Crippen LogP contribution in [-0.4, -0.2) is 23.8 Å². The van der Waals surface area contributed by atoms with E-state index >= 15 is 0 Å². The van der Waals surface area contributed by atoms with Gasteiger partial charge in [0, 0.05) is 5.92 Å². The number of benzene rings is 3. The molecule has 2 aliphatic rings. The van der Waals surface area contributed by atoms with Crippen LogP contribution in [-0.2, 0) is 9.53 Å². The predicted octanol–water partition coefficient (Wildman–Crippen LogP) is 5.62. The second-order valence-electron chi connectivity index (χ2n) is 8.56. The van der Waals surface area contributed by atoms with Gasteiger partial charge in [0.25, 0.3) is 0 Å². The Bertz CT molecular complexity index is 1120. The average molecular weight is 428 g/mol. The van der Waals surface area contributed by atoms with Gasteiger partial charge in [-0.2, -0.15) is 0 Å². The molecule has 1 fully saturated rings. The van der Waals surface area contributed by atoms with Gasteiger partial charge in [-0.15, -0.1) is 0 Å². The van der Waals surface area contributed by atoms with Crippen molar-refractivity contribution in [2.75, 3.05) is 6.61 Å². The molecule has 1 unspecified atom stereocenters. The number of fused-ring (bicyclic) bond motifs is 3. The van der Waals surface area contributed by atoms with E-state index in [-0.39, 0.29) is 18.9 Å². The first-order chi connectivity index (χ1) is 15.6. The van der Waals surface area contributed by atoms with Gasteiger partial charge in [0.2, 0.25) is 0 Å². The average Bonchev–Trinajstić information content (AvgIpc) is 3.60. The maximum absolute atomic E-state index is 12.7. The number of aliphatic carboxylic acids is 1. The van der Waals surface area contributed by atoms with E-state index in [0.29, 0.717) is 5.92 Å². The fraction of sp³-hybridized carbons (Fsp3) is 0.259. The maximum atomic E-state index is 12.7. The van der Waals surface area contributed by atoms with Crippen molar-refractivity contribution in [3.63, 3.8) is 0 Å². The number of hydrogen-bond donors (Lipinski definition) is 2. The quantitative estimate of drug-likeness (QED) is 0.513. The Morgan fingerprint density at radius 2 is 1.59 bits per heavy atom. The minimum Gasteiger partial charge on any atom is -0.481 e. The summed E-state index contributed by atoms with van der Waals surface area (Å²) < 4.78 is 5.62. The molecule has 0 heterocycles.